The summed E-state index contributed by atoms with van der Waals surface area (Å²) in [4.78, 5) is 4.32. The van der Waals surface area contributed by atoms with Crippen LogP contribution in [-0.4, -0.2) is 41.1 Å². The van der Waals surface area contributed by atoms with Gasteiger partial charge in [-0.05, 0) is 38.3 Å². The Balaban J connectivity index is 1.52. The molecule has 1 aliphatic heterocycles. The summed E-state index contributed by atoms with van der Waals surface area (Å²) in [5.74, 6) is 0.615. The summed E-state index contributed by atoms with van der Waals surface area (Å²) >= 11 is -1.69. The van der Waals surface area contributed by atoms with Gasteiger partial charge in [-0.15, -0.1) is 9.19 Å². The van der Waals surface area contributed by atoms with Crippen LogP contribution in [0.5, 0.6) is 0 Å². The molecule has 3 aromatic rings. The number of hydrogen-bond donors (Lipinski definition) is 0. The highest BCUT2D eigenvalue weighted by molar-refractivity contribution is 7.78. The van der Waals surface area contributed by atoms with E-state index in [1.54, 1.807) is 5.06 Å². The van der Waals surface area contributed by atoms with E-state index in [1.807, 2.05) is 12.1 Å². The average molecular weight is 373 g/mol. The van der Waals surface area contributed by atoms with Gasteiger partial charge in [0.25, 0.3) is 0 Å². The molecule has 0 amide bonds. The number of aromatic nitrogens is 4. The number of piperidine rings is 1. The molecule has 7 nitrogen and oxygen atoms in total. The van der Waals surface area contributed by atoms with Crippen molar-refractivity contribution in [3.05, 3.63) is 47.7 Å². The lowest BCUT2D eigenvalue weighted by Gasteiger charge is -2.23. The SMILES string of the molecule is Cc1c(C)n(Cc2ncn(S(=O)ON3CCCCC3)n2)c2ccccc12. The second-order valence-electron chi connectivity index (χ2n) is 6.66. The monoisotopic (exact) mass is 373 g/mol. The van der Waals surface area contributed by atoms with E-state index in [0.717, 1.165) is 31.4 Å². The summed E-state index contributed by atoms with van der Waals surface area (Å²) < 4.78 is 21.3. The second kappa shape index (κ2) is 7.30. The molecule has 0 N–H and O–H groups in total. The summed E-state index contributed by atoms with van der Waals surface area (Å²) in [7, 11) is 0. The first kappa shape index (κ1) is 17.4. The van der Waals surface area contributed by atoms with E-state index in [1.165, 1.54) is 33.5 Å². The average Bonchev–Trinajstić information content (AvgIpc) is 3.23. The number of nitrogens with zero attached hydrogens (tertiary/aromatic N) is 5. The fourth-order valence-electron chi connectivity index (χ4n) is 3.44. The first-order valence-corrected chi connectivity index (χ1v) is 9.97. The third-order valence-corrected chi connectivity index (χ3v) is 5.82. The first-order valence-electron chi connectivity index (χ1n) is 8.94. The summed E-state index contributed by atoms with van der Waals surface area (Å²) in [6.45, 7) is 6.38. The predicted octanol–water partition coefficient (Wildman–Crippen LogP) is 2.74. The zero-order chi connectivity index (χ0) is 18.1. The van der Waals surface area contributed by atoms with E-state index in [4.69, 9.17) is 4.28 Å². The van der Waals surface area contributed by atoms with Crippen molar-refractivity contribution in [3.8, 4) is 0 Å². The maximum Gasteiger partial charge on any atom is 0.304 e. The van der Waals surface area contributed by atoms with Crippen molar-refractivity contribution in [3.63, 3.8) is 0 Å². The molecule has 1 atom stereocenters. The van der Waals surface area contributed by atoms with Gasteiger partial charge in [0.05, 0.1) is 6.54 Å². The standard InChI is InChI=1S/C18H23N5O2S/c1-14-15(2)22(17-9-5-4-8-16(14)17)12-18-19-13-23(20-18)26(24)25-21-10-6-3-7-11-21/h4-5,8-9,13H,3,6-7,10-12H2,1-2H3. The Kier molecular flexibility index (Phi) is 4.88. The number of hydrogen-bond acceptors (Lipinski definition) is 5. The van der Waals surface area contributed by atoms with Crippen molar-refractivity contribution in [1.29, 1.82) is 0 Å². The number of benzene rings is 1. The molecule has 1 aliphatic rings. The molecule has 8 heteroatoms. The van der Waals surface area contributed by atoms with Gasteiger partial charge in [-0.3, -0.25) is 0 Å². The molecule has 0 spiro atoms. The molecular weight excluding hydrogens is 350 g/mol. The Hall–Kier alpha value is -2.03. The molecule has 0 radical (unpaired) electrons. The maximum atomic E-state index is 12.4. The van der Waals surface area contributed by atoms with E-state index in [-0.39, 0.29) is 0 Å². The van der Waals surface area contributed by atoms with Crippen molar-refractivity contribution in [1.82, 2.24) is 23.8 Å². The number of fused-ring (bicyclic) bond motifs is 1. The molecule has 0 bridgehead atoms. The molecule has 3 heterocycles. The Morgan fingerprint density at radius 1 is 1.15 bits per heavy atom. The highest BCUT2D eigenvalue weighted by Crippen LogP contribution is 2.25. The van der Waals surface area contributed by atoms with Crippen LogP contribution in [0.2, 0.25) is 0 Å². The molecule has 0 aliphatic carbocycles. The lowest BCUT2D eigenvalue weighted by molar-refractivity contribution is -0.0606. The second-order valence-corrected chi connectivity index (χ2v) is 7.62. The zero-order valence-electron chi connectivity index (χ0n) is 15.1. The largest absolute Gasteiger partial charge is 0.337 e. The molecule has 1 unspecified atom stereocenters. The number of hydroxylamine groups is 2. The molecule has 2 aromatic heterocycles. The van der Waals surface area contributed by atoms with Crippen LogP contribution in [0.15, 0.2) is 30.6 Å². The minimum Gasteiger partial charge on any atom is -0.337 e. The predicted molar refractivity (Wildman–Crippen MR) is 101 cm³/mol. The fourth-order valence-corrected chi connectivity index (χ4v) is 4.12. The van der Waals surface area contributed by atoms with Crippen molar-refractivity contribution in [2.45, 2.75) is 39.7 Å². The quantitative estimate of drug-likeness (QED) is 0.688. The molecule has 26 heavy (non-hydrogen) atoms. The van der Waals surface area contributed by atoms with Crippen LogP contribution in [0.4, 0.5) is 0 Å². The lowest BCUT2D eigenvalue weighted by Crippen LogP contribution is -2.32. The van der Waals surface area contributed by atoms with Gasteiger partial charge >= 0.3 is 11.3 Å². The van der Waals surface area contributed by atoms with Gasteiger partial charge in [0, 0.05) is 29.7 Å². The van der Waals surface area contributed by atoms with E-state index >= 15 is 0 Å². The van der Waals surface area contributed by atoms with E-state index in [2.05, 4.69) is 40.6 Å². The van der Waals surface area contributed by atoms with Crippen LogP contribution >= 0.6 is 0 Å². The topological polar surface area (TPSA) is 65.2 Å². The molecule has 0 saturated carbocycles. The normalized spacial score (nSPS) is 17.0. The zero-order valence-corrected chi connectivity index (χ0v) is 15.9. The minimum atomic E-state index is -1.69. The van der Waals surface area contributed by atoms with Crippen LogP contribution in [0, 0.1) is 13.8 Å². The maximum absolute atomic E-state index is 12.4. The van der Waals surface area contributed by atoms with Gasteiger partial charge in [-0.25, -0.2) is 9.19 Å². The van der Waals surface area contributed by atoms with E-state index in [0.29, 0.717) is 12.4 Å². The molecule has 4 rings (SSSR count). The summed E-state index contributed by atoms with van der Waals surface area (Å²) in [6.07, 6.45) is 4.81. The van der Waals surface area contributed by atoms with Crippen LogP contribution in [-0.2, 0) is 22.1 Å². The fraction of sp³-hybridized carbons (Fsp3) is 0.444. The van der Waals surface area contributed by atoms with Gasteiger partial charge in [-0.2, -0.15) is 9.35 Å². The molecule has 1 aromatic carbocycles. The van der Waals surface area contributed by atoms with Gasteiger partial charge in [0.1, 0.15) is 6.33 Å². The van der Waals surface area contributed by atoms with Gasteiger partial charge in [0.2, 0.25) is 0 Å². The summed E-state index contributed by atoms with van der Waals surface area (Å²) in [5.41, 5.74) is 3.61. The van der Waals surface area contributed by atoms with Crippen molar-refractivity contribution in [2.75, 3.05) is 13.1 Å². The van der Waals surface area contributed by atoms with Crippen molar-refractivity contribution >= 4 is 22.2 Å². The molecule has 1 fully saturated rings. The highest BCUT2D eigenvalue weighted by Gasteiger charge is 2.17. The van der Waals surface area contributed by atoms with E-state index < -0.39 is 11.3 Å². The third kappa shape index (κ3) is 3.32. The van der Waals surface area contributed by atoms with Gasteiger partial charge in [0.15, 0.2) is 5.82 Å². The van der Waals surface area contributed by atoms with Gasteiger partial charge < -0.3 is 4.57 Å². The minimum absolute atomic E-state index is 0.536. The smallest absolute Gasteiger partial charge is 0.304 e. The molecule has 138 valence electrons. The summed E-state index contributed by atoms with van der Waals surface area (Å²) in [5, 5.41) is 7.36. The number of rotatable bonds is 5. The van der Waals surface area contributed by atoms with Crippen LogP contribution in [0.3, 0.4) is 0 Å². The Morgan fingerprint density at radius 3 is 2.73 bits per heavy atom. The highest BCUT2D eigenvalue weighted by atomic mass is 32.2. The number of para-hydroxylation sites is 1. The van der Waals surface area contributed by atoms with Crippen LogP contribution in [0.25, 0.3) is 10.9 Å². The Bertz CT molecular complexity index is 942. The van der Waals surface area contributed by atoms with Crippen molar-refractivity contribution in [2.24, 2.45) is 0 Å². The third-order valence-electron chi connectivity index (χ3n) is 5.00. The Morgan fingerprint density at radius 2 is 1.92 bits per heavy atom. The Labute approximate surface area is 155 Å². The summed E-state index contributed by atoms with van der Waals surface area (Å²) in [6, 6.07) is 8.31. The molecule has 1 saturated heterocycles. The van der Waals surface area contributed by atoms with E-state index in [9.17, 15) is 4.21 Å². The molecular formula is C18H23N5O2S. The lowest BCUT2D eigenvalue weighted by atomic mass is 10.2. The van der Waals surface area contributed by atoms with Crippen molar-refractivity contribution < 1.29 is 8.49 Å². The number of aryl methyl sites for hydroxylation is 1. The van der Waals surface area contributed by atoms with Gasteiger partial charge in [-0.1, -0.05) is 24.6 Å². The van der Waals surface area contributed by atoms with Crippen LogP contribution in [0.1, 0.15) is 36.3 Å². The first-order chi connectivity index (χ1) is 12.6. The van der Waals surface area contributed by atoms with Crippen LogP contribution < -0.4 is 0 Å².